The van der Waals surface area contributed by atoms with E-state index >= 15 is 0 Å². The number of benzene rings is 1. The summed E-state index contributed by atoms with van der Waals surface area (Å²) in [6, 6.07) is 7.47. The minimum absolute atomic E-state index is 0.0484. The maximum atomic E-state index is 8.37. The summed E-state index contributed by atoms with van der Waals surface area (Å²) in [6.07, 6.45) is 1.90. The van der Waals surface area contributed by atoms with Gasteiger partial charge in [-0.2, -0.15) is 5.26 Å². The van der Waals surface area contributed by atoms with Crippen LogP contribution >= 0.6 is 11.6 Å². The van der Waals surface area contributed by atoms with Crippen LogP contribution in [0.2, 0.25) is 5.02 Å². The quantitative estimate of drug-likeness (QED) is 0.561. The molecule has 0 unspecified atom stereocenters. The minimum atomic E-state index is 0.0484. The predicted molar refractivity (Wildman–Crippen MR) is 48.6 cm³/mol. The Morgan fingerprint density at radius 2 is 2.00 bits per heavy atom. The highest BCUT2D eigenvalue weighted by Crippen LogP contribution is 2.15. The summed E-state index contributed by atoms with van der Waals surface area (Å²) in [7, 11) is 0. The molecule has 0 radical (unpaired) electrons. The van der Waals surface area contributed by atoms with Crippen LogP contribution < -0.4 is 5.32 Å². The molecule has 12 heavy (non-hydrogen) atoms. The van der Waals surface area contributed by atoms with Gasteiger partial charge in [0.05, 0.1) is 6.04 Å². The van der Waals surface area contributed by atoms with Crippen molar-refractivity contribution in [2.45, 2.75) is 13.0 Å². The molecule has 1 aromatic carbocycles. The van der Waals surface area contributed by atoms with Gasteiger partial charge in [0.15, 0.2) is 6.19 Å². The first-order valence-electron chi connectivity index (χ1n) is 3.64. The Labute approximate surface area is 76.8 Å². The zero-order valence-corrected chi connectivity index (χ0v) is 7.47. The third kappa shape index (κ3) is 2.14. The van der Waals surface area contributed by atoms with Crippen LogP contribution in [0.3, 0.4) is 0 Å². The minimum Gasteiger partial charge on any atom is -0.317 e. The van der Waals surface area contributed by atoms with Crippen molar-refractivity contribution in [1.29, 1.82) is 5.26 Å². The summed E-state index contributed by atoms with van der Waals surface area (Å²) in [5, 5.41) is 11.7. The van der Waals surface area contributed by atoms with Crippen LogP contribution in [0.1, 0.15) is 18.5 Å². The van der Waals surface area contributed by atoms with Crippen LogP contribution in [-0.4, -0.2) is 0 Å². The van der Waals surface area contributed by atoms with Crippen molar-refractivity contribution >= 4 is 11.6 Å². The van der Waals surface area contributed by atoms with Crippen molar-refractivity contribution in [2.24, 2.45) is 0 Å². The van der Waals surface area contributed by atoms with Gasteiger partial charge in [0.25, 0.3) is 0 Å². The van der Waals surface area contributed by atoms with Gasteiger partial charge in [-0.1, -0.05) is 23.7 Å². The number of hydrogen-bond acceptors (Lipinski definition) is 2. The van der Waals surface area contributed by atoms with Crippen LogP contribution in [0, 0.1) is 11.5 Å². The normalized spacial score (nSPS) is 11.8. The van der Waals surface area contributed by atoms with E-state index in [1.807, 2.05) is 37.4 Å². The lowest BCUT2D eigenvalue weighted by atomic mass is 10.1. The highest BCUT2D eigenvalue weighted by atomic mass is 35.5. The lowest BCUT2D eigenvalue weighted by Gasteiger charge is -2.08. The Morgan fingerprint density at radius 3 is 2.50 bits per heavy atom. The first-order valence-corrected chi connectivity index (χ1v) is 4.02. The van der Waals surface area contributed by atoms with Crippen LogP contribution in [0.25, 0.3) is 0 Å². The topological polar surface area (TPSA) is 35.8 Å². The standard InChI is InChI=1S/C9H9ClN2/c1-7(12-6-11)8-2-4-9(10)5-3-8/h2-5,7,12H,1H3/t7-/m1/s1. The molecule has 1 N–H and O–H groups in total. The molecular formula is C9H9ClN2. The molecule has 0 heterocycles. The summed E-state index contributed by atoms with van der Waals surface area (Å²) < 4.78 is 0. The van der Waals surface area contributed by atoms with Crippen LogP contribution in [0.15, 0.2) is 24.3 Å². The van der Waals surface area contributed by atoms with Crippen molar-refractivity contribution < 1.29 is 0 Å². The SMILES string of the molecule is C[C@@H](NC#N)c1ccc(Cl)cc1. The fourth-order valence-electron chi connectivity index (χ4n) is 0.932. The smallest absolute Gasteiger partial charge is 0.177 e. The molecule has 0 aliphatic carbocycles. The molecule has 0 fully saturated rings. The summed E-state index contributed by atoms with van der Waals surface area (Å²) >= 11 is 5.71. The molecule has 0 saturated heterocycles. The molecule has 0 spiro atoms. The molecule has 1 aromatic rings. The highest BCUT2D eigenvalue weighted by molar-refractivity contribution is 6.30. The Bertz CT molecular complexity index is 286. The average Bonchev–Trinajstić information content (AvgIpc) is 2.06. The van der Waals surface area contributed by atoms with Crippen LogP contribution in [0.4, 0.5) is 0 Å². The van der Waals surface area contributed by atoms with Gasteiger partial charge in [0.1, 0.15) is 0 Å². The zero-order valence-electron chi connectivity index (χ0n) is 6.71. The van der Waals surface area contributed by atoms with E-state index in [1.54, 1.807) is 0 Å². The predicted octanol–water partition coefficient (Wildman–Crippen LogP) is 2.47. The van der Waals surface area contributed by atoms with Crippen molar-refractivity contribution in [3.63, 3.8) is 0 Å². The first-order chi connectivity index (χ1) is 5.74. The fourth-order valence-corrected chi connectivity index (χ4v) is 1.06. The van der Waals surface area contributed by atoms with Gasteiger partial charge >= 0.3 is 0 Å². The van der Waals surface area contributed by atoms with Gasteiger partial charge in [-0.3, -0.25) is 0 Å². The maximum absolute atomic E-state index is 8.37. The molecule has 2 nitrogen and oxygen atoms in total. The van der Waals surface area contributed by atoms with Gasteiger partial charge in [0, 0.05) is 5.02 Å². The van der Waals surface area contributed by atoms with Crippen molar-refractivity contribution in [3.05, 3.63) is 34.9 Å². The van der Waals surface area contributed by atoms with Gasteiger partial charge in [0.2, 0.25) is 0 Å². The van der Waals surface area contributed by atoms with Gasteiger partial charge in [-0.05, 0) is 24.6 Å². The number of nitriles is 1. The third-order valence-electron chi connectivity index (χ3n) is 1.65. The summed E-state index contributed by atoms with van der Waals surface area (Å²) in [5.41, 5.74) is 1.06. The maximum Gasteiger partial charge on any atom is 0.177 e. The highest BCUT2D eigenvalue weighted by Gasteiger charge is 2.01. The summed E-state index contributed by atoms with van der Waals surface area (Å²) in [6.45, 7) is 1.92. The molecule has 0 saturated carbocycles. The molecule has 3 heteroatoms. The Kier molecular flexibility index (Phi) is 2.95. The monoisotopic (exact) mass is 180 g/mol. The Hall–Kier alpha value is -1.20. The van der Waals surface area contributed by atoms with E-state index < -0.39 is 0 Å². The first kappa shape index (κ1) is 8.89. The molecule has 0 bridgehead atoms. The Morgan fingerprint density at radius 1 is 1.42 bits per heavy atom. The Balaban J connectivity index is 2.76. The number of hydrogen-bond donors (Lipinski definition) is 1. The van der Waals surface area contributed by atoms with E-state index in [0.717, 1.165) is 5.56 Å². The molecule has 1 atom stereocenters. The molecule has 1 rings (SSSR count). The molecule has 62 valence electrons. The van der Waals surface area contributed by atoms with Gasteiger partial charge < -0.3 is 5.32 Å². The van der Waals surface area contributed by atoms with E-state index in [1.165, 1.54) is 0 Å². The van der Waals surface area contributed by atoms with E-state index in [-0.39, 0.29) is 6.04 Å². The second-order valence-electron chi connectivity index (χ2n) is 2.53. The van der Waals surface area contributed by atoms with Crippen LogP contribution in [-0.2, 0) is 0 Å². The second-order valence-corrected chi connectivity index (χ2v) is 2.97. The lowest BCUT2D eigenvalue weighted by molar-refractivity contribution is 0.697. The molecule has 0 aromatic heterocycles. The zero-order chi connectivity index (χ0) is 8.97. The van der Waals surface area contributed by atoms with Crippen molar-refractivity contribution in [2.75, 3.05) is 0 Å². The number of rotatable bonds is 2. The third-order valence-corrected chi connectivity index (χ3v) is 1.90. The number of nitrogens with zero attached hydrogens (tertiary/aromatic N) is 1. The van der Waals surface area contributed by atoms with Gasteiger partial charge in [-0.15, -0.1) is 0 Å². The summed E-state index contributed by atoms with van der Waals surface area (Å²) in [5.74, 6) is 0. The fraction of sp³-hybridized carbons (Fsp3) is 0.222. The molecule has 0 amide bonds. The van der Waals surface area contributed by atoms with Crippen molar-refractivity contribution in [1.82, 2.24) is 5.32 Å². The molecule has 0 aliphatic heterocycles. The largest absolute Gasteiger partial charge is 0.317 e. The van der Waals surface area contributed by atoms with E-state index in [4.69, 9.17) is 16.9 Å². The van der Waals surface area contributed by atoms with E-state index in [9.17, 15) is 0 Å². The van der Waals surface area contributed by atoms with E-state index in [0.29, 0.717) is 5.02 Å². The second kappa shape index (κ2) is 3.99. The molecule has 0 aliphatic rings. The van der Waals surface area contributed by atoms with Gasteiger partial charge in [-0.25, -0.2) is 0 Å². The average molecular weight is 181 g/mol. The molecular weight excluding hydrogens is 172 g/mol. The van der Waals surface area contributed by atoms with Crippen molar-refractivity contribution in [3.8, 4) is 6.19 Å². The van der Waals surface area contributed by atoms with Crippen LogP contribution in [0.5, 0.6) is 0 Å². The number of nitrogens with one attached hydrogen (secondary N) is 1. The summed E-state index contributed by atoms with van der Waals surface area (Å²) in [4.78, 5) is 0. The van der Waals surface area contributed by atoms with E-state index in [2.05, 4.69) is 5.32 Å². The lowest BCUT2D eigenvalue weighted by Crippen LogP contribution is -2.11. The number of halogens is 1.